The van der Waals surface area contributed by atoms with E-state index in [4.69, 9.17) is 0 Å². The lowest BCUT2D eigenvalue weighted by atomic mass is 10.1. The van der Waals surface area contributed by atoms with E-state index in [1.807, 2.05) is 44.2 Å². The number of aryl methyl sites for hydroxylation is 1. The molecular formula is C17H17Br2NO. The zero-order valence-corrected chi connectivity index (χ0v) is 15.2. The number of halogens is 2. The molecule has 0 aromatic heterocycles. The quantitative estimate of drug-likeness (QED) is 0.764. The van der Waals surface area contributed by atoms with Crippen molar-refractivity contribution < 1.29 is 4.79 Å². The fraction of sp³-hybridized carbons (Fsp3) is 0.235. The van der Waals surface area contributed by atoms with Gasteiger partial charge in [0.1, 0.15) is 0 Å². The van der Waals surface area contributed by atoms with Crippen LogP contribution in [0.15, 0.2) is 51.4 Å². The Labute approximate surface area is 142 Å². The molecule has 0 aliphatic rings. The fourth-order valence-corrected chi connectivity index (χ4v) is 2.86. The van der Waals surface area contributed by atoms with Crippen molar-refractivity contribution in [3.05, 3.63) is 68.1 Å². The standard InChI is InChI=1S/C17H17Br2NO/c1-11-4-3-5-15(16(11)19)17(21)20-12(2)10-13-6-8-14(18)9-7-13/h3-9,12H,10H2,1-2H3,(H,20,21). The highest BCUT2D eigenvalue weighted by molar-refractivity contribution is 9.10. The van der Waals surface area contributed by atoms with Gasteiger partial charge in [-0.2, -0.15) is 0 Å². The second kappa shape index (κ2) is 7.23. The predicted octanol–water partition coefficient (Wildman–Crippen LogP) is 4.88. The molecule has 2 aromatic carbocycles. The second-order valence-electron chi connectivity index (χ2n) is 5.14. The third-order valence-electron chi connectivity index (χ3n) is 3.27. The Bertz CT molecular complexity index is 638. The lowest BCUT2D eigenvalue weighted by Gasteiger charge is -2.15. The van der Waals surface area contributed by atoms with Gasteiger partial charge in [-0.3, -0.25) is 4.79 Å². The molecule has 0 aliphatic heterocycles. The van der Waals surface area contributed by atoms with Crippen LogP contribution in [0.5, 0.6) is 0 Å². The molecule has 0 saturated carbocycles. The number of hydrogen-bond acceptors (Lipinski definition) is 1. The monoisotopic (exact) mass is 409 g/mol. The van der Waals surface area contributed by atoms with Gasteiger partial charge in [-0.15, -0.1) is 0 Å². The molecule has 0 fully saturated rings. The van der Waals surface area contributed by atoms with Crippen molar-refractivity contribution in [3.8, 4) is 0 Å². The van der Waals surface area contributed by atoms with Gasteiger partial charge in [0.25, 0.3) is 5.91 Å². The minimum atomic E-state index is -0.0461. The number of rotatable bonds is 4. The molecule has 2 aromatic rings. The summed E-state index contributed by atoms with van der Waals surface area (Å²) in [4.78, 5) is 12.3. The zero-order chi connectivity index (χ0) is 15.4. The Morgan fingerprint density at radius 2 is 1.81 bits per heavy atom. The molecule has 110 valence electrons. The number of carbonyl (C=O) groups excluding carboxylic acids is 1. The van der Waals surface area contributed by atoms with E-state index >= 15 is 0 Å². The van der Waals surface area contributed by atoms with Crippen LogP contribution in [0.25, 0.3) is 0 Å². The van der Waals surface area contributed by atoms with Crippen LogP contribution in [0.4, 0.5) is 0 Å². The summed E-state index contributed by atoms with van der Waals surface area (Å²) in [7, 11) is 0. The molecule has 0 saturated heterocycles. The Morgan fingerprint density at radius 3 is 2.48 bits per heavy atom. The van der Waals surface area contributed by atoms with Crippen LogP contribution in [0.3, 0.4) is 0 Å². The van der Waals surface area contributed by atoms with E-state index in [1.165, 1.54) is 5.56 Å². The predicted molar refractivity (Wildman–Crippen MR) is 93.7 cm³/mol. The van der Waals surface area contributed by atoms with Gasteiger partial charge in [0, 0.05) is 15.0 Å². The van der Waals surface area contributed by atoms with Crippen LogP contribution in [-0.2, 0) is 6.42 Å². The molecule has 2 nitrogen and oxygen atoms in total. The molecule has 1 unspecified atom stereocenters. The summed E-state index contributed by atoms with van der Waals surface area (Å²) in [6, 6.07) is 13.9. The maximum Gasteiger partial charge on any atom is 0.252 e. The Kier molecular flexibility index (Phi) is 5.59. The maximum absolute atomic E-state index is 12.3. The molecule has 0 bridgehead atoms. The molecule has 0 radical (unpaired) electrons. The highest BCUT2D eigenvalue weighted by Crippen LogP contribution is 2.21. The van der Waals surface area contributed by atoms with E-state index in [0.717, 1.165) is 20.9 Å². The Morgan fingerprint density at radius 1 is 1.14 bits per heavy atom. The number of benzene rings is 2. The lowest BCUT2D eigenvalue weighted by Crippen LogP contribution is -2.34. The highest BCUT2D eigenvalue weighted by atomic mass is 79.9. The normalized spacial score (nSPS) is 12.0. The average molecular weight is 411 g/mol. The number of amides is 1. The van der Waals surface area contributed by atoms with Gasteiger partial charge < -0.3 is 5.32 Å². The average Bonchev–Trinajstić information content (AvgIpc) is 2.44. The van der Waals surface area contributed by atoms with Crippen LogP contribution in [-0.4, -0.2) is 11.9 Å². The van der Waals surface area contributed by atoms with Crippen molar-refractivity contribution in [2.45, 2.75) is 26.3 Å². The largest absolute Gasteiger partial charge is 0.349 e. The van der Waals surface area contributed by atoms with Crippen LogP contribution in [0, 0.1) is 6.92 Å². The molecule has 0 spiro atoms. The minimum Gasteiger partial charge on any atom is -0.349 e. The lowest BCUT2D eigenvalue weighted by molar-refractivity contribution is 0.0939. The van der Waals surface area contributed by atoms with Crippen LogP contribution < -0.4 is 5.32 Å². The number of carbonyl (C=O) groups is 1. The van der Waals surface area contributed by atoms with Crippen molar-refractivity contribution >= 4 is 37.8 Å². The molecule has 2 rings (SSSR count). The van der Waals surface area contributed by atoms with Gasteiger partial charge in [-0.25, -0.2) is 0 Å². The second-order valence-corrected chi connectivity index (χ2v) is 6.85. The van der Waals surface area contributed by atoms with Gasteiger partial charge in [0.2, 0.25) is 0 Å². The first-order valence-corrected chi connectivity index (χ1v) is 8.36. The topological polar surface area (TPSA) is 29.1 Å². The summed E-state index contributed by atoms with van der Waals surface area (Å²) in [5, 5.41) is 3.05. The molecule has 4 heteroatoms. The Balaban J connectivity index is 2.02. The first-order valence-electron chi connectivity index (χ1n) is 6.78. The van der Waals surface area contributed by atoms with Crippen LogP contribution in [0.1, 0.15) is 28.4 Å². The molecule has 1 atom stereocenters. The van der Waals surface area contributed by atoms with Gasteiger partial charge in [0.15, 0.2) is 0 Å². The SMILES string of the molecule is Cc1cccc(C(=O)NC(C)Cc2ccc(Br)cc2)c1Br. The van der Waals surface area contributed by atoms with E-state index in [0.29, 0.717) is 5.56 Å². The van der Waals surface area contributed by atoms with Crippen molar-refractivity contribution in [2.75, 3.05) is 0 Å². The first-order chi connectivity index (χ1) is 9.97. The number of hydrogen-bond donors (Lipinski definition) is 1. The smallest absolute Gasteiger partial charge is 0.252 e. The summed E-state index contributed by atoms with van der Waals surface area (Å²) in [5.74, 6) is -0.0461. The van der Waals surface area contributed by atoms with Crippen LogP contribution in [0.2, 0.25) is 0 Å². The van der Waals surface area contributed by atoms with Crippen molar-refractivity contribution in [2.24, 2.45) is 0 Å². The van der Waals surface area contributed by atoms with E-state index in [-0.39, 0.29) is 11.9 Å². The van der Waals surface area contributed by atoms with E-state index in [2.05, 4.69) is 49.3 Å². The highest BCUT2D eigenvalue weighted by Gasteiger charge is 2.14. The third kappa shape index (κ3) is 4.42. The van der Waals surface area contributed by atoms with Crippen LogP contribution >= 0.6 is 31.9 Å². The van der Waals surface area contributed by atoms with Crippen molar-refractivity contribution in [1.82, 2.24) is 5.32 Å². The fourth-order valence-electron chi connectivity index (χ4n) is 2.15. The summed E-state index contributed by atoms with van der Waals surface area (Å²) < 4.78 is 1.92. The van der Waals surface area contributed by atoms with Crippen molar-refractivity contribution in [1.29, 1.82) is 0 Å². The van der Waals surface area contributed by atoms with Gasteiger partial charge in [-0.1, -0.05) is 40.2 Å². The maximum atomic E-state index is 12.3. The molecule has 0 aliphatic carbocycles. The summed E-state index contributed by atoms with van der Waals surface area (Å²) in [6.07, 6.45) is 0.808. The zero-order valence-electron chi connectivity index (χ0n) is 12.0. The molecule has 0 heterocycles. The Hall–Kier alpha value is -1.13. The van der Waals surface area contributed by atoms with E-state index in [9.17, 15) is 4.79 Å². The van der Waals surface area contributed by atoms with Gasteiger partial charge in [0.05, 0.1) is 5.56 Å². The van der Waals surface area contributed by atoms with Gasteiger partial charge in [-0.05, 0) is 65.5 Å². The molecule has 1 N–H and O–H groups in total. The third-order valence-corrected chi connectivity index (χ3v) is 4.85. The summed E-state index contributed by atoms with van der Waals surface area (Å²) in [6.45, 7) is 4.00. The molecule has 1 amide bonds. The van der Waals surface area contributed by atoms with E-state index in [1.54, 1.807) is 0 Å². The number of nitrogens with one attached hydrogen (secondary N) is 1. The van der Waals surface area contributed by atoms with E-state index < -0.39 is 0 Å². The summed E-state index contributed by atoms with van der Waals surface area (Å²) >= 11 is 6.90. The molecule has 21 heavy (non-hydrogen) atoms. The summed E-state index contributed by atoms with van der Waals surface area (Å²) in [5.41, 5.74) is 2.94. The molecular weight excluding hydrogens is 394 g/mol. The van der Waals surface area contributed by atoms with Gasteiger partial charge >= 0.3 is 0 Å². The van der Waals surface area contributed by atoms with Crippen molar-refractivity contribution in [3.63, 3.8) is 0 Å². The first kappa shape index (κ1) is 16.2. The minimum absolute atomic E-state index is 0.0461.